The van der Waals surface area contributed by atoms with Crippen molar-refractivity contribution < 1.29 is 4.39 Å². The van der Waals surface area contributed by atoms with E-state index in [1.807, 2.05) is 25.2 Å². The summed E-state index contributed by atoms with van der Waals surface area (Å²) in [4.78, 5) is 19.7. The fraction of sp³-hybridized carbons (Fsp3) is 0.118. The SMILES string of the molecule is CCc1nc(C2=CC=C2)n2nc(-c3cccc(F)c3)[nH]c(=O)c12. The number of rotatable bonds is 3. The number of H-pyrrole nitrogens is 1. The van der Waals surface area contributed by atoms with Gasteiger partial charge in [0, 0.05) is 11.1 Å². The first-order chi connectivity index (χ1) is 11.2. The second-order valence-corrected chi connectivity index (χ2v) is 5.29. The number of halogens is 1. The minimum atomic E-state index is -0.380. The van der Waals surface area contributed by atoms with Gasteiger partial charge in [-0.15, -0.1) is 5.10 Å². The van der Waals surface area contributed by atoms with Gasteiger partial charge in [0.25, 0.3) is 5.56 Å². The van der Waals surface area contributed by atoms with Crippen LogP contribution in [0.5, 0.6) is 0 Å². The number of hydrogen-bond acceptors (Lipinski definition) is 3. The third-order valence-electron chi connectivity index (χ3n) is 3.82. The highest BCUT2D eigenvalue weighted by Crippen LogP contribution is 2.23. The Morgan fingerprint density at radius 2 is 2.17 bits per heavy atom. The Hall–Kier alpha value is -3.02. The van der Waals surface area contributed by atoms with Crippen molar-refractivity contribution in [3.63, 3.8) is 0 Å². The zero-order chi connectivity index (χ0) is 16.0. The molecule has 1 aliphatic rings. The van der Waals surface area contributed by atoms with Crippen LogP contribution in [0.25, 0.3) is 22.5 Å². The third kappa shape index (κ3) is 2.11. The number of allylic oxidation sites excluding steroid dienone is 4. The summed E-state index contributed by atoms with van der Waals surface area (Å²) in [5.41, 5.74) is 2.28. The number of hydrogen-bond donors (Lipinski definition) is 1. The third-order valence-corrected chi connectivity index (χ3v) is 3.82. The van der Waals surface area contributed by atoms with Gasteiger partial charge in [0.15, 0.2) is 17.2 Å². The molecule has 1 aromatic carbocycles. The summed E-state index contributed by atoms with van der Waals surface area (Å²) in [5, 5.41) is 4.48. The van der Waals surface area contributed by atoms with Crippen molar-refractivity contribution >= 4 is 11.1 Å². The topological polar surface area (TPSA) is 63.1 Å². The van der Waals surface area contributed by atoms with E-state index in [-0.39, 0.29) is 11.4 Å². The quantitative estimate of drug-likeness (QED) is 0.809. The highest BCUT2D eigenvalue weighted by molar-refractivity contribution is 5.79. The standard InChI is InChI=1S/C17H13FN4O/c1-2-13-14-17(23)20-15(11-7-4-8-12(18)9-11)21-22(14)16(19-13)10-5-3-6-10/h3-9H,2H2,1H3,(H,20,21,23). The maximum atomic E-state index is 13.4. The summed E-state index contributed by atoms with van der Waals surface area (Å²) in [6.45, 7) is 1.94. The van der Waals surface area contributed by atoms with E-state index in [0.717, 1.165) is 5.57 Å². The van der Waals surface area contributed by atoms with E-state index in [9.17, 15) is 9.18 Å². The van der Waals surface area contributed by atoms with E-state index in [1.54, 1.807) is 16.6 Å². The van der Waals surface area contributed by atoms with Gasteiger partial charge in [0.05, 0.1) is 5.69 Å². The summed E-state index contributed by atoms with van der Waals surface area (Å²) < 4.78 is 15.0. The molecule has 0 radical (unpaired) electrons. The van der Waals surface area contributed by atoms with Crippen molar-refractivity contribution in [2.24, 2.45) is 0 Å². The molecule has 5 nitrogen and oxygen atoms in total. The van der Waals surface area contributed by atoms with Gasteiger partial charge in [-0.1, -0.05) is 37.3 Å². The maximum absolute atomic E-state index is 13.4. The molecule has 4 rings (SSSR count). The first-order valence-corrected chi connectivity index (χ1v) is 7.34. The Balaban J connectivity index is 2.01. The normalized spacial score (nSPS) is 13.2. The van der Waals surface area contributed by atoms with Crippen LogP contribution in [0.1, 0.15) is 18.4 Å². The molecule has 114 valence electrons. The molecule has 0 bridgehead atoms. The van der Waals surface area contributed by atoms with Gasteiger partial charge >= 0.3 is 0 Å². The predicted octanol–water partition coefficient (Wildman–Crippen LogP) is 2.74. The van der Waals surface area contributed by atoms with Gasteiger partial charge in [-0.25, -0.2) is 13.9 Å². The number of fused-ring (bicyclic) bond motifs is 1. The van der Waals surface area contributed by atoms with E-state index >= 15 is 0 Å². The van der Waals surface area contributed by atoms with Crippen LogP contribution in [-0.2, 0) is 6.42 Å². The lowest BCUT2D eigenvalue weighted by atomic mass is 10.1. The van der Waals surface area contributed by atoms with Gasteiger partial charge in [0.1, 0.15) is 5.82 Å². The molecule has 0 saturated carbocycles. The number of imidazole rings is 1. The molecule has 0 amide bonds. The maximum Gasteiger partial charge on any atom is 0.277 e. The van der Waals surface area contributed by atoms with E-state index in [2.05, 4.69) is 15.1 Å². The summed E-state index contributed by atoms with van der Waals surface area (Å²) in [7, 11) is 0. The molecule has 0 unspecified atom stereocenters. The average Bonchev–Trinajstić information content (AvgIpc) is 2.85. The largest absolute Gasteiger partial charge is 0.303 e. The molecule has 0 fully saturated rings. The van der Waals surface area contributed by atoms with Crippen molar-refractivity contribution in [1.29, 1.82) is 0 Å². The number of nitrogens with zero attached hydrogens (tertiary/aromatic N) is 3. The van der Waals surface area contributed by atoms with Crippen LogP contribution in [0, 0.1) is 5.82 Å². The van der Waals surface area contributed by atoms with Crippen LogP contribution in [-0.4, -0.2) is 19.6 Å². The zero-order valence-electron chi connectivity index (χ0n) is 12.4. The highest BCUT2D eigenvalue weighted by Gasteiger charge is 2.19. The molecule has 2 aromatic heterocycles. The molecular formula is C17H13FN4O. The second kappa shape index (κ2) is 5.01. The molecule has 6 heteroatoms. The van der Waals surface area contributed by atoms with Gasteiger partial charge in [0.2, 0.25) is 0 Å². The van der Waals surface area contributed by atoms with Crippen molar-refractivity contribution in [2.45, 2.75) is 13.3 Å². The number of nitrogens with one attached hydrogen (secondary N) is 1. The Bertz CT molecular complexity index is 1040. The van der Waals surface area contributed by atoms with Gasteiger partial charge in [-0.2, -0.15) is 0 Å². The van der Waals surface area contributed by atoms with Gasteiger partial charge in [-0.3, -0.25) is 4.79 Å². The van der Waals surface area contributed by atoms with Crippen molar-refractivity contribution in [2.75, 3.05) is 0 Å². The van der Waals surface area contributed by atoms with Crippen molar-refractivity contribution in [1.82, 2.24) is 19.6 Å². The van der Waals surface area contributed by atoms with E-state index in [1.165, 1.54) is 12.1 Å². The fourth-order valence-corrected chi connectivity index (χ4v) is 2.61. The number of aromatic amines is 1. The second-order valence-electron chi connectivity index (χ2n) is 5.29. The van der Waals surface area contributed by atoms with Crippen LogP contribution >= 0.6 is 0 Å². The lowest BCUT2D eigenvalue weighted by Crippen LogP contribution is -2.15. The first-order valence-electron chi connectivity index (χ1n) is 7.34. The Kier molecular flexibility index (Phi) is 2.97. The Morgan fingerprint density at radius 3 is 2.83 bits per heavy atom. The Labute approximate surface area is 130 Å². The van der Waals surface area contributed by atoms with Crippen molar-refractivity contribution in [3.05, 3.63) is 70.2 Å². The summed E-state index contributed by atoms with van der Waals surface area (Å²) in [6.07, 6.45) is 6.37. The number of benzene rings is 1. The molecule has 0 atom stereocenters. The number of aryl methyl sites for hydroxylation is 1. The van der Waals surface area contributed by atoms with Crippen LogP contribution in [0.15, 0.2) is 47.3 Å². The first kappa shape index (κ1) is 13.6. The smallest absolute Gasteiger partial charge is 0.277 e. The summed E-state index contributed by atoms with van der Waals surface area (Å²) in [6, 6.07) is 5.97. The highest BCUT2D eigenvalue weighted by atomic mass is 19.1. The van der Waals surface area contributed by atoms with E-state index in [4.69, 9.17) is 0 Å². The zero-order valence-corrected chi connectivity index (χ0v) is 12.4. The Morgan fingerprint density at radius 1 is 1.35 bits per heavy atom. The van der Waals surface area contributed by atoms with Crippen LogP contribution in [0.4, 0.5) is 4.39 Å². The van der Waals surface area contributed by atoms with E-state index < -0.39 is 0 Å². The summed E-state index contributed by atoms with van der Waals surface area (Å²) >= 11 is 0. The van der Waals surface area contributed by atoms with Crippen LogP contribution in [0.3, 0.4) is 0 Å². The van der Waals surface area contributed by atoms with Crippen LogP contribution in [0.2, 0.25) is 0 Å². The predicted molar refractivity (Wildman–Crippen MR) is 85.5 cm³/mol. The lowest BCUT2D eigenvalue weighted by Gasteiger charge is -2.07. The minimum absolute atomic E-state index is 0.279. The average molecular weight is 308 g/mol. The molecule has 1 aliphatic carbocycles. The molecule has 23 heavy (non-hydrogen) atoms. The molecule has 0 spiro atoms. The minimum Gasteiger partial charge on any atom is -0.303 e. The number of aromatic nitrogens is 4. The van der Waals surface area contributed by atoms with E-state index in [0.29, 0.717) is 34.8 Å². The molecule has 1 N–H and O–H groups in total. The lowest BCUT2D eigenvalue weighted by molar-refractivity contribution is 0.628. The molecule has 0 aliphatic heterocycles. The molecule has 3 aromatic rings. The molecule has 2 heterocycles. The monoisotopic (exact) mass is 308 g/mol. The fourth-order valence-electron chi connectivity index (χ4n) is 2.61. The summed E-state index contributed by atoms with van der Waals surface area (Å²) in [5.74, 6) is 0.560. The van der Waals surface area contributed by atoms with Crippen molar-refractivity contribution in [3.8, 4) is 11.4 Å². The molecule has 0 saturated heterocycles. The van der Waals surface area contributed by atoms with Crippen LogP contribution < -0.4 is 5.56 Å². The van der Waals surface area contributed by atoms with Gasteiger partial charge in [-0.05, 0) is 18.6 Å². The molecular weight excluding hydrogens is 295 g/mol. The van der Waals surface area contributed by atoms with Gasteiger partial charge < -0.3 is 4.98 Å².